The summed E-state index contributed by atoms with van der Waals surface area (Å²) in [5.41, 5.74) is 4.16. The summed E-state index contributed by atoms with van der Waals surface area (Å²) < 4.78 is 11.2. The van der Waals surface area contributed by atoms with E-state index in [-0.39, 0.29) is 17.9 Å². The van der Waals surface area contributed by atoms with E-state index in [9.17, 15) is 9.90 Å². The Morgan fingerprint density at radius 3 is 2.41 bits per heavy atom. The number of aromatic nitrogens is 4. The number of fused-ring (bicyclic) bond motifs is 4. The van der Waals surface area contributed by atoms with Crippen LogP contribution in [0.3, 0.4) is 0 Å². The maximum absolute atomic E-state index is 13.6. The largest absolute Gasteiger partial charge is 0.497 e. The number of aliphatic hydroxyl groups is 1. The molecule has 0 aliphatic carbocycles. The molecule has 2 aromatic heterocycles. The number of methoxy groups -OCH3 is 1. The fourth-order valence-corrected chi connectivity index (χ4v) is 7.68. The van der Waals surface area contributed by atoms with Crippen LogP contribution in [0.2, 0.25) is 0 Å². The Labute approximate surface area is 296 Å². The molecule has 0 saturated carbocycles. The van der Waals surface area contributed by atoms with Crippen LogP contribution in [0.4, 0.5) is 17.5 Å². The Morgan fingerprint density at radius 1 is 0.961 bits per heavy atom. The fraction of sp³-hybridized carbons (Fsp3) is 0.359. The van der Waals surface area contributed by atoms with Crippen molar-refractivity contribution >= 4 is 23.4 Å². The summed E-state index contributed by atoms with van der Waals surface area (Å²) >= 11 is 0. The van der Waals surface area contributed by atoms with Crippen LogP contribution in [0.1, 0.15) is 72.0 Å². The molecule has 3 saturated heterocycles. The van der Waals surface area contributed by atoms with Crippen LogP contribution in [-0.2, 0) is 17.5 Å². The van der Waals surface area contributed by atoms with E-state index in [1.54, 1.807) is 13.3 Å². The molecule has 3 aromatic carbocycles. The molecule has 5 aromatic rings. The third-order valence-corrected chi connectivity index (χ3v) is 10.9. The number of benzene rings is 3. The van der Waals surface area contributed by atoms with Gasteiger partial charge in [-0.05, 0) is 99.8 Å². The fourth-order valence-electron chi connectivity index (χ4n) is 7.68. The molecule has 1 amide bonds. The van der Waals surface area contributed by atoms with E-state index in [0.29, 0.717) is 35.3 Å². The second-order valence-electron chi connectivity index (χ2n) is 14.2. The van der Waals surface area contributed by atoms with Crippen LogP contribution in [0.25, 0.3) is 11.5 Å². The third kappa shape index (κ3) is 6.08. The van der Waals surface area contributed by atoms with Crippen molar-refractivity contribution in [3.63, 3.8) is 0 Å². The third-order valence-electron chi connectivity index (χ3n) is 10.9. The maximum atomic E-state index is 13.6. The number of carbonyl (C=O) groups is 1. The van der Waals surface area contributed by atoms with E-state index in [4.69, 9.17) is 19.2 Å². The molecule has 0 spiro atoms. The molecule has 12 nitrogen and oxygen atoms in total. The van der Waals surface area contributed by atoms with E-state index in [2.05, 4.69) is 39.5 Å². The van der Waals surface area contributed by atoms with Crippen LogP contribution >= 0.6 is 0 Å². The van der Waals surface area contributed by atoms with Crippen LogP contribution in [0, 0.1) is 0 Å². The number of hydrogen-bond donors (Lipinski definition) is 3. The highest BCUT2D eigenvalue weighted by molar-refractivity contribution is 6.00. The van der Waals surface area contributed by atoms with E-state index in [0.717, 1.165) is 72.8 Å². The van der Waals surface area contributed by atoms with Crippen LogP contribution in [-0.4, -0.2) is 74.3 Å². The average molecular weight is 687 g/mol. The van der Waals surface area contributed by atoms with E-state index < -0.39 is 11.6 Å². The molecule has 0 radical (unpaired) electrons. The number of carbonyl (C=O) groups excluding carboxylic acids is 1. The van der Waals surface area contributed by atoms with Gasteiger partial charge < -0.3 is 34.8 Å². The number of nitrogens with one attached hydrogen (secondary N) is 2. The smallest absolute Gasteiger partial charge is 0.263 e. The zero-order valence-corrected chi connectivity index (χ0v) is 29.1. The van der Waals surface area contributed by atoms with Gasteiger partial charge in [0.05, 0.1) is 25.3 Å². The molecular formula is C39H42N8O4. The first kappa shape index (κ1) is 32.9. The van der Waals surface area contributed by atoms with Crippen molar-refractivity contribution in [3.05, 3.63) is 107 Å². The van der Waals surface area contributed by atoms with Gasteiger partial charge in [0, 0.05) is 29.4 Å². The SMILES string of the molecule is COc1ccc(CN2C(=O)c3ccc(Nc4ncc(-c5nc(C67CCN(CC6)CC7)no5)c(N[C@H](CO)c5ccccc5)n4)cc3C2(C)C)cc1. The van der Waals surface area contributed by atoms with Gasteiger partial charge in [0.1, 0.15) is 17.1 Å². The summed E-state index contributed by atoms with van der Waals surface area (Å²) in [6.45, 7) is 7.57. The molecule has 1 atom stereocenters. The van der Waals surface area contributed by atoms with Gasteiger partial charge in [0.25, 0.3) is 11.8 Å². The van der Waals surface area contributed by atoms with Crippen LogP contribution in [0.5, 0.6) is 5.75 Å². The van der Waals surface area contributed by atoms with E-state index in [1.165, 1.54) is 0 Å². The quantitative estimate of drug-likeness (QED) is 0.149. The van der Waals surface area contributed by atoms with Crippen molar-refractivity contribution in [3.8, 4) is 17.2 Å². The number of anilines is 3. The Kier molecular flexibility index (Phi) is 8.43. The number of rotatable bonds is 11. The van der Waals surface area contributed by atoms with Gasteiger partial charge in [-0.3, -0.25) is 4.79 Å². The zero-order valence-electron chi connectivity index (χ0n) is 29.1. The highest BCUT2D eigenvalue weighted by Gasteiger charge is 2.45. The predicted molar refractivity (Wildman–Crippen MR) is 193 cm³/mol. The highest BCUT2D eigenvalue weighted by atomic mass is 16.5. The van der Waals surface area contributed by atoms with Crippen LogP contribution in [0.15, 0.2) is 83.5 Å². The Bertz CT molecular complexity index is 2030. The summed E-state index contributed by atoms with van der Waals surface area (Å²) in [5, 5.41) is 21.7. The number of ether oxygens (including phenoxy) is 1. The zero-order chi connectivity index (χ0) is 35.2. The maximum Gasteiger partial charge on any atom is 0.263 e. The lowest BCUT2D eigenvalue weighted by molar-refractivity contribution is 0.0595. The molecule has 3 N–H and O–H groups in total. The lowest BCUT2D eigenvalue weighted by Gasteiger charge is -2.46. The monoisotopic (exact) mass is 686 g/mol. The molecule has 2 bridgehead atoms. The Hall–Kier alpha value is -5.33. The second-order valence-corrected chi connectivity index (χ2v) is 14.2. The summed E-state index contributed by atoms with van der Waals surface area (Å²) in [6, 6.07) is 22.8. The second kappa shape index (κ2) is 13.1. The summed E-state index contributed by atoms with van der Waals surface area (Å²) in [6.07, 6.45) is 4.71. The topological polar surface area (TPSA) is 142 Å². The number of amides is 1. The Morgan fingerprint density at radius 2 is 1.71 bits per heavy atom. The van der Waals surface area contributed by atoms with Gasteiger partial charge in [0.2, 0.25) is 5.95 Å². The lowest BCUT2D eigenvalue weighted by atomic mass is 9.71. The van der Waals surface area contributed by atoms with Gasteiger partial charge in [-0.25, -0.2) is 4.98 Å². The van der Waals surface area contributed by atoms with Crippen molar-refractivity contribution in [1.82, 2.24) is 29.9 Å². The first-order valence-corrected chi connectivity index (χ1v) is 17.5. The van der Waals surface area contributed by atoms with E-state index >= 15 is 0 Å². The summed E-state index contributed by atoms with van der Waals surface area (Å²) in [4.78, 5) is 32.5. The van der Waals surface area contributed by atoms with Crippen LogP contribution < -0.4 is 15.4 Å². The van der Waals surface area contributed by atoms with Gasteiger partial charge >= 0.3 is 0 Å². The Balaban J connectivity index is 1.09. The molecule has 12 heteroatoms. The van der Waals surface area contributed by atoms with Crippen molar-refractivity contribution in [2.45, 2.75) is 56.7 Å². The van der Waals surface area contributed by atoms with Crippen molar-refractivity contribution in [2.75, 3.05) is 44.0 Å². The first-order valence-electron chi connectivity index (χ1n) is 17.5. The molecule has 51 heavy (non-hydrogen) atoms. The molecule has 4 aliphatic rings. The van der Waals surface area contributed by atoms with Gasteiger partial charge in [-0.2, -0.15) is 9.97 Å². The minimum absolute atomic E-state index is 0.0161. The number of aliphatic hydroxyl groups excluding tert-OH is 1. The minimum Gasteiger partial charge on any atom is -0.497 e. The van der Waals surface area contributed by atoms with Crippen molar-refractivity contribution in [1.29, 1.82) is 0 Å². The summed E-state index contributed by atoms with van der Waals surface area (Å²) in [7, 11) is 1.64. The number of hydrogen-bond acceptors (Lipinski definition) is 11. The van der Waals surface area contributed by atoms with Gasteiger partial charge in [-0.15, -0.1) is 0 Å². The molecule has 4 aliphatic heterocycles. The average Bonchev–Trinajstić information content (AvgIpc) is 3.74. The molecule has 0 unspecified atom stereocenters. The standard InChI is InChI=1S/C39H42N8O4/c1-38(2)31-21-27(11-14-29(31)35(49)47(38)23-25-9-12-28(50-3)13-10-25)41-37-40-22-30(33(43-37)42-32(24-48)26-7-5-4-6-8-26)34-44-36(45-51-34)39-15-18-46(19-16-39)20-17-39/h4-14,21-22,32,48H,15-20,23-24H2,1-3H3,(H2,40,41,42,43)/t32-/m1/s1. The molecule has 262 valence electrons. The van der Waals surface area contributed by atoms with Crippen molar-refractivity contribution in [2.24, 2.45) is 0 Å². The highest BCUT2D eigenvalue weighted by Crippen LogP contribution is 2.43. The van der Waals surface area contributed by atoms with E-state index in [1.807, 2.05) is 77.7 Å². The van der Waals surface area contributed by atoms with Gasteiger partial charge in [0.15, 0.2) is 5.82 Å². The van der Waals surface area contributed by atoms with Crippen molar-refractivity contribution < 1.29 is 19.2 Å². The lowest BCUT2D eigenvalue weighted by Crippen LogP contribution is -2.51. The first-order chi connectivity index (χ1) is 24.8. The molecule has 3 fully saturated rings. The number of piperidine rings is 3. The molecule has 6 heterocycles. The summed E-state index contributed by atoms with van der Waals surface area (Å²) in [5.74, 6) is 2.61. The number of nitrogens with zero attached hydrogens (tertiary/aromatic N) is 6. The predicted octanol–water partition coefficient (Wildman–Crippen LogP) is 6.05. The molecule has 9 rings (SSSR count). The molecular weight excluding hydrogens is 644 g/mol. The minimum atomic E-state index is -0.560. The van der Waals surface area contributed by atoms with Gasteiger partial charge in [-0.1, -0.05) is 47.6 Å². The normalized spacial score (nSPS) is 21.0.